The zero-order valence-electron chi connectivity index (χ0n) is 31.2. The molecule has 0 fully saturated rings. The van der Waals surface area contributed by atoms with Crippen LogP contribution in [0, 0.1) is 0 Å². The normalized spacial score (nSPS) is 11.8. The summed E-state index contributed by atoms with van der Waals surface area (Å²) >= 11 is 1.89. The minimum absolute atomic E-state index is 0.611. The minimum Gasteiger partial charge on any atom is -0.436 e. The Kier molecular flexibility index (Phi) is 7.37. The predicted octanol–water partition coefficient (Wildman–Crippen LogP) is 15.2. The van der Waals surface area contributed by atoms with Gasteiger partial charge in [0.15, 0.2) is 5.58 Å². The fourth-order valence-electron chi connectivity index (χ4n) is 8.78. The average molecular weight is 760 g/mol. The Labute approximate surface area is 338 Å². The van der Waals surface area contributed by atoms with Crippen molar-refractivity contribution in [2.24, 2.45) is 0 Å². The SMILES string of the molecule is c1ccc(-c2ccc(N(c3ccc(-c4nc5ccccc5o4)cc3)c3ccc4c5c6ccccc6c6c7ccccc7sc6c5n(-c5ccccc5)c4c3)cc2)cc1. The number of nitrogens with zero attached hydrogens (tertiary/aromatic N) is 3. The summed E-state index contributed by atoms with van der Waals surface area (Å²) in [4.78, 5) is 7.13. The summed E-state index contributed by atoms with van der Waals surface area (Å²) in [6, 6.07) is 71.5. The summed E-state index contributed by atoms with van der Waals surface area (Å²) in [5.74, 6) is 0.611. The Hall–Kier alpha value is -7.47. The smallest absolute Gasteiger partial charge is 0.227 e. The largest absolute Gasteiger partial charge is 0.436 e. The van der Waals surface area contributed by atoms with Gasteiger partial charge in [0, 0.05) is 54.6 Å². The number of aromatic nitrogens is 2. The Balaban J connectivity index is 1.11. The fourth-order valence-corrected chi connectivity index (χ4v) is 10.0. The van der Waals surface area contributed by atoms with Gasteiger partial charge in [-0.1, -0.05) is 121 Å². The Morgan fingerprint density at radius 1 is 0.466 bits per heavy atom. The van der Waals surface area contributed by atoms with Gasteiger partial charge in [0.25, 0.3) is 0 Å². The van der Waals surface area contributed by atoms with Crippen LogP contribution in [-0.4, -0.2) is 9.55 Å². The summed E-state index contributed by atoms with van der Waals surface area (Å²) < 4.78 is 11.3. The van der Waals surface area contributed by atoms with E-state index in [-0.39, 0.29) is 0 Å². The van der Waals surface area contributed by atoms with Crippen molar-refractivity contribution in [2.45, 2.75) is 0 Å². The highest BCUT2D eigenvalue weighted by atomic mass is 32.1. The van der Waals surface area contributed by atoms with Crippen molar-refractivity contribution in [1.82, 2.24) is 9.55 Å². The van der Waals surface area contributed by atoms with Crippen molar-refractivity contribution < 1.29 is 4.42 Å². The number of para-hydroxylation sites is 3. The Morgan fingerprint density at radius 3 is 1.79 bits per heavy atom. The summed E-state index contributed by atoms with van der Waals surface area (Å²) in [5, 5.41) is 7.69. The zero-order chi connectivity index (χ0) is 38.2. The van der Waals surface area contributed by atoms with E-state index in [0.717, 1.165) is 44.9 Å². The molecule has 0 radical (unpaired) electrons. The molecular weight excluding hydrogens is 727 g/mol. The number of hydrogen-bond donors (Lipinski definition) is 0. The van der Waals surface area contributed by atoms with E-state index >= 15 is 0 Å². The van der Waals surface area contributed by atoms with Gasteiger partial charge in [-0.05, 0) is 101 Å². The van der Waals surface area contributed by atoms with Gasteiger partial charge in [0.1, 0.15) is 5.52 Å². The molecule has 272 valence electrons. The third-order valence-corrected chi connectivity index (χ3v) is 12.6. The van der Waals surface area contributed by atoms with Crippen LogP contribution in [-0.2, 0) is 0 Å². The quantitative estimate of drug-likeness (QED) is 0.169. The molecule has 12 rings (SSSR count). The van der Waals surface area contributed by atoms with E-state index in [1.807, 2.05) is 35.6 Å². The molecule has 3 aromatic heterocycles. The number of benzene rings is 9. The average Bonchev–Trinajstić information content (AvgIpc) is 4.00. The highest BCUT2D eigenvalue weighted by Crippen LogP contribution is 2.49. The lowest BCUT2D eigenvalue weighted by Crippen LogP contribution is -2.10. The highest BCUT2D eigenvalue weighted by molar-refractivity contribution is 7.27. The van der Waals surface area contributed by atoms with Gasteiger partial charge in [-0.25, -0.2) is 4.98 Å². The molecule has 0 bridgehead atoms. The third kappa shape index (κ3) is 5.11. The molecule has 58 heavy (non-hydrogen) atoms. The van der Waals surface area contributed by atoms with Crippen molar-refractivity contribution in [3.63, 3.8) is 0 Å². The number of rotatable bonds is 6. The predicted molar refractivity (Wildman–Crippen MR) is 244 cm³/mol. The third-order valence-electron chi connectivity index (χ3n) is 11.4. The molecular formula is C53H33N3OS. The lowest BCUT2D eigenvalue weighted by Gasteiger charge is -2.26. The molecule has 0 saturated carbocycles. The van der Waals surface area contributed by atoms with Crippen molar-refractivity contribution in [2.75, 3.05) is 4.90 Å². The maximum atomic E-state index is 6.16. The van der Waals surface area contributed by atoms with Crippen molar-refractivity contribution >= 4 is 92.2 Å². The van der Waals surface area contributed by atoms with Gasteiger partial charge < -0.3 is 13.9 Å². The molecule has 0 spiro atoms. The first-order valence-corrected chi connectivity index (χ1v) is 20.4. The molecule has 0 N–H and O–H groups in total. The van der Waals surface area contributed by atoms with Crippen LogP contribution in [0.1, 0.15) is 0 Å². The van der Waals surface area contributed by atoms with Crippen LogP contribution in [0.15, 0.2) is 205 Å². The van der Waals surface area contributed by atoms with Crippen LogP contribution in [0.25, 0.3) is 92.1 Å². The van der Waals surface area contributed by atoms with Crippen LogP contribution in [0.2, 0.25) is 0 Å². The lowest BCUT2D eigenvalue weighted by atomic mass is 9.99. The van der Waals surface area contributed by atoms with Gasteiger partial charge in [-0.3, -0.25) is 0 Å². The number of hydrogen-bond acceptors (Lipinski definition) is 4. The van der Waals surface area contributed by atoms with E-state index in [2.05, 4.69) is 185 Å². The van der Waals surface area contributed by atoms with E-state index in [1.165, 1.54) is 58.4 Å². The Bertz CT molecular complexity index is 3460. The zero-order valence-corrected chi connectivity index (χ0v) is 32.0. The second-order valence-electron chi connectivity index (χ2n) is 14.7. The van der Waals surface area contributed by atoms with Crippen molar-refractivity contribution in [3.05, 3.63) is 200 Å². The molecule has 5 heteroatoms. The first-order chi connectivity index (χ1) is 28.8. The van der Waals surface area contributed by atoms with Gasteiger partial charge in [-0.15, -0.1) is 11.3 Å². The summed E-state index contributed by atoms with van der Waals surface area (Å²) in [5.41, 5.74) is 11.6. The van der Waals surface area contributed by atoms with Crippen LogP contribution in [0.3, 0.4) is 0 Å². The molecule has 0 aliphatic heterocycles. The van der Waals surface area contributed by atoms with E-state index in [9.17, 15) is 0 Å². The molecule has 0 amide bonds. The van der Waals surface area contributed by atoms with Gasteiger partial charge in [0.05, 0.1) is 15.7 Å². The topological polar surface area (TPSA) is 34.2 Å². The maximum absolute atomic E-state index is 6.16. The van der Waals surface area contributed by atoms with Crippen LogP contribution < -0.4 is 4.90 Å². The van der Waals surface area contributed by atoms with Gasteiger partial charge in [-0.2, -0.15) is 0 Å². The van der Waals surface area contributed by atoms with E-state index in [1.54, 1.807) is 0 Å². The van der Waals surface area contributed by atoms with Crippen LogP contribution >= 0.6 is 11.3 Å². The van der Waals surface area contributed by atoms with Crippen LogP contribution in [0.4, 0.5) is 17.1 Å². The minimum atomic E-state index is 0.611. The van der Waals surface area contributed by atoms with Crippen molar-refractivity contribution in [3.8, 4) is 28.3 Å². The monoisotopic (exact) mass is 759 g/mol. The molecule has 9 aromatic carbocycles. The number of anilines is 3. The molecule has 3 heterocycles. The Morgan fingerprint density at radius 2 is 1.05 bits per heavy atom. The van der Waals surface area contributed by atoms with Crippen LogP contribution in [0.5, 0.6) is 0 Å². The maximum Gasteiger partial charge on any atom is 0.227 e. The van der Waals surface area contributed by atoms with Gasteiger partial charge in [0.2, 0.25) is 5.89 Å². The summed E-state index contributed by atoms with van der Waals surface area (Å²) in [6.45, 7) is 0. The highest BCUT2D eigenvalue weighted by Gasteiger charge is 2.23. The second kappa shape index (κ2) is 13.1. The van der Waals surface area contributed by atoms with E-state index in [0.29, 0.717) is 5.89 Å². The molecule has 12 aromatic rings. The molecule has 0 saturated heterocycles. The standard InChI is InChI=1S/C53H33N3OS/c1-3-13-34(14-4-1)35-23-27-38(28-24-35)55(39-29-25-36(26-30-39)53-54-45-20-10-11-21-47(45)57-53)40-31-32-43-46(33-40)56(37-15-5-2-6-16-37)51-49(43)41-17-7-8-18-42(41)50-44-19-9-12-22-48(44)58-52(50)51/h1-33H. The first kappa shape index (κ1) is 32.7. The number of fused-ring (bicyclic) bond motifs is 11. The van der Waals surface area contributed by atoms with E-state index in [4.69, 9.17) is 9.40 Å². The summed E-state index contributed by atoms with van der Waals surface area (Å²) in [7, 11) is 0. The number of thiophene rings is 1. The first-order valence-electron chi connectivity index (χ1n) is 19.5. The molecule has 0 aliphatic carbocycles. The second-order valence-corrected chi connectivity index (χ2v) is 15.8. The molecule has 4 nitrogen and oxygen atoms in total. The lowest BCUT2D eigenvalue weighted by molar-refractivity contribution is 0.620. The number of oxazole rings is 1. The van der Waals surface area contributed by atoms with Gasteiger partial charge >= 0.3 is 0 Å². The molecule has 0 aliphatic rings. The fraction of sp³-hybridized carbons (Fsp3) is 0. The summed E-state index contributed by atoms with van der Waals surface area (Å²) in [6.07, 6.45) is 0. The van der Waals surface area contributed by atoms with E-state index < -0.39 is 0 Å². The van der Waals surface area contributed by atoms with Crippen molar-refractivity contribution in [1.29, 1.82) is 0 Å². The molecule has 0 unspecified atom stereocenters. The molecule has 0 atom stereocenters.